The van der Waals surface area contributed by atoms with Gasteiger partial charge in [-0.25, -0.2) is 9.97 Å². The lowest BCUT2D eigenvalue weighted by atomic mass is 10.2. The van der Waals surface area contributed by atoms with Gasteiger partial charge in [-0.1, -0.05) is 29.5 Å². The van der Waals surface area contributed by atoms with Crippen LogP contribution in [0.15, 0.2) is 53.3 Å². The lowest BCUT2D eigenvalue weighted by Gasteiger charge is -2.28. The van der Waals surface area contributed by atoms with Crippen LogP contribution in [0.1, 0.15) is 0 Å². The molecule has 164 valence electrons. The second-order valence-corrected chi connectivity index (χ2v) is 8.19. The number of anilines is 1. The number of fused-ring (bicyclic) bond motifs is 1. The number of rotatable bonds is 5. The van der Waals surface area contributed by atoms with Crippen LogP contribution >= 0.6 is 11.3 Å². The van der Waals surface area contributed by atoms with E-state index < -0.39 is 0 Å². The molecule has 1 fully saturated rings. The van der Waals surface area contributed by atoms with Crippen molar-refractivity contribution in [3.05, 3.63) is 58.2 Å². The number of para-hydroxylation sites is 1. The average molecular weight is 451 g/mol. The maximum absolute atomic E-state index is 13.0. The summed E-state index contributed by atoms with van der Waals surface area (Å²) in [5, 5.41) is 0. The van der Waals surface area contributed by atoms with Crippen molar-refractivity contribution in [1.29, 1.82) is 0 Å². The number of hydrogen-bond acceptors (Lipinski definition) is 8. The molecule has 0 bridgehead atoms. The smallest absolute Gasteiger partial charge is 0.314 e. The monoisotopic (exact) mass is 450 g/mol. The lowest BCUT2D eigenvalue weighted by molar-refractivity contribution is 0.122. The Labute approximate surface area is 188 Å². The van der Waals surface area contributed by atoms with E-state index in [9.17, 15) is 4.79 Å². The summed E-state index contributed by atoms with van der Waals surface area (Å²) in [6, 6.07) is 15.1. The van der Waals surface area contributed by atoms with Gasteiger partial charge in [-0.3, -0.25) is 9.36 Å². The highest BCUT2D eigenvalue weighted by Gasteiger charge is 2.23. The predicted octanol–water partition coefficient (Wildman–Crippen LogP) is 3.36. The minimum absolute atomic E-state index is 0.0977. The van der Waals surface area contributed by atoms with Crippen LogP contribution in [-0.2, 0) is 4.74 Å². The van der Waals surface area contributed by atoms with E-state index in [1.54, 1.807) is 18.8 Å². The van der Waals surface area contributed by atoms with Crippen LogP contribution in [0.4, 0.5) is 5.82 Å². The average Bonchev–Trinajstić information content (AvgIpc) is 3.19. The number of hydrogen-bond donors (Lipinski definition) is 0. The van der Waals surface area contributed by atoms with Gasteiger partial charge in [-0.15, -0.1) is 0 Å². The topological polar surface area (TPSA) is 78.7 Å². The number of methoxy groups -OCH3 is 2. The summed E-state index contributed by atoms with van der Waals surface area (Å²) >= 11 is 1.17. The molecule has 4 aromatic rings. The molecule has 0 amide bonds. The van der Waals surface area contributed by atoms with Gasteiger partial charge in [0.05, 0.1) is 33.1 Å². The quantitative estimate of drug-likeness (QED) is 0.461. The Kier molecular flexibility index (Phi) is 5.50. The minimum Gasteiger partial charge on any atom is -0.493 e. The van der Waals surface area contributed by atoms with Gasteiger partial charge in [-0.05, 0) is 30.3 Å². The Hall–Kier alpha value is -3.43. The molecule has 0 spiro atoms. The maximum atomic E-state index is 13.0. The summed E-state index contributed by atoms with van der Waals surface area (Å²) in [4.78, 5) is 24.8. The highest BCUT2D eigenvalue weighted by Crippen LogP contribution is 2.35. The summed E-state index contributed by atoms with van der Waals surface area (Å²) < 4.78 is 18.8. The summed E-state index contributed by atoms with van der Waals surface area (Å²) in [5.41, 5.74) is 2.14. The van der Waals surface area contributed by atoms with Crippen LogP contribution in [0.5, 0.6) is 11.5 Å². The SMILES string of the molecule is COc1ccc(-c2nc(N3CCOCC3)c3sc(=O)n(-c4ccccc4)c3n2)cc1OC. The van der Waals surface area contributed by atoms with Crippen LogP contribution in [0.25, 0.3) is 27.4 Å². The number of thiazole rings is 1. The van der Waals surface area contributed by atoms with Crippen molar-refractivity contribution < 1.29 is 14.2 Å². The van der Waals surface area contributed by atoms with E-state index in [1.807, 2.05) is 48.5 Å². The lowest BCUT2D eigenvalue weighted by Crippen LogP contribution is -2.37. The van der Waals surface area contributed by atoms with Crippen molar-refractivity contribution in [3.8, 4) is 28.6 Å². The molecule has 9 heteroatoms. The summed E-state index contributed by atoms with van der Waals surface area (Å²) in [5.74, 6) is 2.48. The predicted molar refractivity (Wildman–Crippen MR) is 125 cm³/mol. The molecule has 2 aromatic heterocycles. The first-order chi connectivity index (χ1) is 15.7. The zero-order valence-corrected chi connectivity index (χ0v) is 18.6. The molecule has 0 unspecified atom stereocenters. The van der Waals surface area contributed by atoms with E-state index in [0.717, 1.165) is 21.8 Å². The molecule has 1 saturated heterocycles. The maximum Gasteiger partial charge on any atom is 0.314 e. The van der Waals surface area contributed by atoms with Gasteiger partial charge < -0.3 is 19.1 Å². The number of morpholine rings is 1. The first-order valence-corrected chi connectivity index (χ1v) is 11.1. The third-order valence-corrected chi connectivity index (χ3v) is 6.31. The van der Waals surface area contributed by atoms with E-state index in [1.165, 1.54) is 11.3 Å². The fourth-order valence-electron chi connectivity index (χ4n) is 3.79. The second kappa shape index (κ2) is 8.60. The fraction of sp³-hybridized carbons (Fsp3) is 0.261. The molecule has 0 aliphatic carbocycles. The highest BCUT2D eigenvalue weighted by molar-refractivity contribution is 7.17. The molecule has 5 rings (SSSR count). The Morgan fingerprint density at radius 2 is 1.72 bits per heavy atom. The van der Waals surface area contributed by atoms with Gasteiger partial charge in [0.15, 0.2) is 28.8 Å². The molecule has 0 radical (unpaired) electrons. The number of ether oxygens (including phenoxy) is 3. The number of benzene rings is 2. The van der Waals surface area contributed by atoms with Gasteiger partial charge in [-0.2, -0.15) is 0 Å². The first kappa shape index (κ1) is 20.5. The molecular weight excluding hydrogens is 428 g/mol. The Balaban J connectivity index is 1.76. The number of aromatic nitrogens is 3. The van der Waals surface area contributed by atoms with Crippen molar-refractivity contribution >= 4 is 27.5 Å². The molecule has 8 nitrogen and oxygen atoms in total. The van der Waals surface area contributed by atoms with Gasteiger partial charge in [0.25, 0.3) is 0 Å². The molecule has 0 saturated carbocycles. The van der Waals surface area contributed by atoms with E-state index in [2.05, 4.69) is 4.90 Å². The Bertz CT molecular complexity index is 1310. The third-order valence-electron chi connectivity index (χ3n) is 5.38. The molecule has 0 N–H and O–H groups in total. The van der Waals surface area contributed by atoms with E-state index in [-0.39, 0.29) is 4.87 Å². The zero-order chi connectivity index (χ0) is 22.1. The van der Waals surface area contributed by atoms with Crippen LogP contribution in [-0.4, -0.2) is 55.1 Å². The molecule has 1 aliphatic heterocycles. The molecule has 3 heterocycles. The molecule has 32 heavy (non-hydrogen) atoms. The molecule has 1 aliphatic rings. The fourth-order valence-corrected chi connectivity index (χ4v) is 4.74. The van der Waals surface area contributed by atoms with Gasteiger partial charge >= 0.3 is 4.87 Å². The summed E-state index contributed by atoms with van der Waals surface area (Å²) in [6.45, 7) is 2.64. The Morgan fingerprint density at radius 3 is 2.44 bits per heavy atom. The number of nitrogens with zero attached hydrogens (tertiary/aromatic N) is 4. The van der Waals surface area contributed by atoms with Crippen LogP contribution in [0.3, 0.4) is 0 Å². The van der Waals surface area contributed by atoms with Gasteiger partial charge in [0.1, 0.15) is 4.70 Å². The minimum atomic E-state index is -0.0977. The van der Waals surface area contributed by atoms with Gasteiger partial charge in [0, 0.05) is 18.7 Å². The standard InChI is InChI=1S/C23H22N4O4S/c1-29-17-9-8-15(14-18(17)30-2)20-24-21(26-10-12-31-13-11-26)19-22(25-20)27(23(28)32-19)16-6-4-3-5-7-16/h3-9,14H,10-13H2,1-2H3. The van der Waals surface area contributed by atoms with E-state index in [0.29, 0.717) is 49.3 Å². The van der Waals surface area contributed by atoms with Crippen molar-refractivity contribution in [2.75, 3.05) is 45.4 Å². The van der Waals surface area contributed by atoms with Crippen molar-refractivity contribution in [2.24, 2.45) is 0 Å². The Morgan fingerprint density at radius 1 is 0.969 bits per heavy atom. The second-order valence-electron chi connectivity index (χ2n) is 7.23. The third kappa shape index (κ3) is 3.59. The normalized spacial score (nSPS) is 14.0. The molecular formula is C23H22N4O4S. The largest absolute Gasteiger partial charge is 0.493 e. The highest BCUT2D eigenvalue weighted by atomic mass is 32.1. The van der Waals surface area contributed by atoms with E-state index >= 15 is 0 Å². The van der Waals surface area contributed by atoms with Crippen LogP contribution in [0, 0.1) is 0 Å². The van der Waals surface area contributed by atoms with Crippen LogP contribution in [0.2, 0.25) is 0 Å². The summed E-state index contributed by atoms with van der Waals surface area (Å²) in [7, 11) is 3.19. The zero-order valence-electron chi connectivity index (χ0n) is 17.8. The van der Waals surface area contributed by atoms with Crippen molar-refractivity contribution in [3.63, 3.8) is 0 Å². The van der Waals surface area contributed by atoms with Crippen molar-refractivity contribution in [2.45, 2.75) is 0 Å². The summed E-state index contributed by atoms with van der Waals surface area (Å²) in [6.07, 6.45) is 0. The van der Waals surface area contributed by atoms with Gasteiger partial charge in [0.2, 0.25) is 0 Å². The molecule has 2 aromatic carbocycles. The van der Waals surface area contributed by atoms with E-state index in [4.69, 9.17) is 24.2 Å². The first-order valence-electron chi connectivity index (χ1n) is 10.2. The molecule has 0 atom stereocenters. The van der Waals surface area contributed by atoms with Crippen molar-refractivity contribution in [1.82, 2.24) is 14.5 Å². The van der Waals surface area contributed by atoms with Crippen LogP contribution < -0.4 is 19.2 Å².